The first-order valence-corrected chi connectivity index (χ1v) is 7.68. The summed E-state index contributed by atoms with van der Waals surface area (Å²) >= 11 is 3.46. The number of carbonyl (C=O) groups is 1. The second kappa shape index (κ2) is 6.53. The second-order valence-electron chi connectivity index (χ2n) is 5.34. The van der Waals surface area contributed by atoms with Crippen molar-refractivity contribution < 1.29 is 4.79 Å². The minimum atomic E-state index is 0.0719. The van der Waals surface area contributed by atoms with Gasteiger partial charge in [0.05, 0.1) is 0 Å². The molecule has 0 aliphatic heterocycles. The molecule has 4 heteroatoms. The van der Waals surface area contributed by atoms with E-state index in [-0.39, 0.29) is 11.8 Å². The van der Waals surface area contributed by atoms with E-state index in [4.69, 9.17) is 5.73 Å². The van der Waals surface area contributed by atoms with Crippen molar-refractivity contribution in [1.29, 1.82) is 0 Å². The van der Waals surface area contributed by atoms with Gasteiger partial charge in [-0.05, 0) is 56.0 Å². The summed E-state index contributed by atoms with van der Waals surface area (Å²) in [6.45, 7) is 2.63. The van der Waals surface area contributed by atoms with Crippen molar-refractivity contribution in [3.8, 4) is 0 Å². The van der Waals surface area contributed by atoms with Crippen molar-refractivity contribution >= 4 is 27.5 Å². The lowest BCUT2D eigenvalue weighted by atomic mass is 9.78. The first-order chi connectivity index (χ1) is 9.11. The van der Waals surface area contributed by atoms with Crippen LogP contribution in [0.4, 0.5) is 5.69 Å². The molecule has 0 radical (unpaired) electrons. The number of rotatable bonds is 3. The van der Waals surface area contributed by atoms with Gasteiger partial charge in [0, 0.05) is 16.1 Å². The molecular formula is C15H21BrN2O. The molecule has 1 saturated carbocycles. The van der Waals surface area contributed by atoms with E-state index in [1.165, 1.54) is 6.42 Å². The Kier molecular flexibility index (Phi) is 4.99. The van der Waals surface area contributed by atoms with E-state index in [0.717, 1.165) is 35.0 Å². The molecule has 3 N–H and O–H groups in total. The summed E-state index contributed by atoms with van der Waals surface area (Å²) in [5, 5.41) is 3.03. The number of nitrogens with one attached hydrogen (secondary N) is 1. The predicted molar refractivity (Wildman–Crippen MR) is 82.0 cm³/mol. The highest BCUT2D eigenvalue weighted by atomic mass is 79.9. The van der Waals surface area contributed by atoms with Gasteiger partial charge in [-0.1, -0.05) is 28.8 Å². The second-order valence-corrected chi connectivity index (χ2v) is 6.19. The molecule has 0 heterocycles. The number of anilines is 1. The molecular weight excluding hydrogens is 304 g/mol. The van der Waals surface area contributed by atoms with Gasteiger partial charge in [0.2, 0.25) is 5.91 Å². The summed E-state index contributed by atoms with van der Waals surface area (Å²) < 4.78 is 1.06. The molecule has 1 amide bonds. The van der Waals surface area contributed by atoms with Crippen LogP contribution >= 0.6 is 15.9 Å². The fourth-order valence-corrected chi connectivity index (χ4v) is 3.04. The van der Waals surface area contributed by atoms with Crippen LogP contribution in [0.1, 0.15) is 31.2 Å². The quantitative estimate of drug-likeness (QED) is 0.894. The molecule has 1 aromatic rings. The molecule has 0 aromatic heterocycles. The highest BCUT2D eigenvalue weighted by molar-refractivity contribution is 9.10. The molecule has 0 saturated heterocycles. The van der Waals surface area contributed by atoms with Gasteiger partial charge in [-0.3, -0.25) is 4.79 Å². The van der Waals surface area contributed by atoms with Crippen molar-refractivity contribution in [2.75, 3.05) is 11.9 Å². The van der Waals surface area contributed by atoms with Crippen LogP contribution in [0.15, 0.2) is 22.7 Å². The summed E-state index contributed by atoms with van der Waals surface area (Å²) in [6.07, 6.45) is 4.37. The Morgan fingerprint density at radius 2 is 2.16 bits per heavy atom. The van der Waals surface area contributed by atoms with Gasteiger partial charge in [-0.2, -0.15) is 0 Å². The Bertz CT molecular complexity index is 461. The third-order valence-corrected chi connectivity index (χ3v) is 4.86. The zero-order valence-corrected chi connectivity index (χ0v) is 12.9. The van der Waals surface area contributed by atoms with Gasteiger partial charge < -0.3 is 11.1 Å². The molecule has 1 aliphatic rings. The molecule has 104 valence electrons. The number of nitrogens with two attached hydrogens (primary N) is 1. The van der Waals surface area contributed by atoms with Crippen molar-refractivity contribution in [2.24, 2.45) is 17.6 Å². The fourth-order valence-electron chi connectivity index (χ4n) is 2.79. The maximum atomic E-state index is 12.4. The molecule has 2 rings (SSSR count). The number of carbonyl (C=O) groups excluding carboxylic acids is 1. The largest absolute Gasteiger partial charge is 0.330 e. The van der Waals surface area contributed by atoms with E-state index in [0.29, 0.717) is 12.5 Å². The van der Waals surface area contributed by atoms with Crippen LogP contribution in [0, 0.1) is 18.8 Å². The Morgan fingerprint density at radius 1 is 1.42 bits per heavy atom. The maximum absolute atomic E-state index is 12.4. The standard InChI is InChI=1S/C15H21BrN2O/c1-10-8-12(6-7-14(10)16)18-15(19)13-5-3-2-4-11(13)9-17/h6-8,11,13H,2-5,9,17H2,1H3,(H,18,19). The van der Waals surface area contributed by atoms with E-state index in [1.807, 2.05) is 25.1 Å². The fraction of sp³-hybridized carbons (Fsp3) is 0.533. The molecule has 1 fully saturated rings. The van der Waals surface area contributed by atoms with Gasteiger partial charge in [0.25, 0.3) is 0 Å². The van der Waals surface area contributed by atoms with Crippen LogP contribution in [0.3, 0.4) is 0 Å². The number of benzene rings is 1. The molecule has 2 unspecified atom stereocenters. The third kappa shape index (κ3) is 3.57. The molecule has 0 spiro atoms. The van der Waals surface area contributed by atoms with Crippen molar-refractivity contribution in [2.45, 2.75) is 32.6 Å². The van der Waals surface area contributed by atoms with Crippen molar-refractivity contribution in [3.63, 3.8) is 0 Å². The molecule has 19 heavy (non-hydrogen) atoms. The third-order valence-electron chi connectivity index (χ3n) is 3.97. The van der Waals surface area contributed by atoms with E-state index < -0.39 is 0 Å². The van der Waals surface area contributed by atoms with Gasteiger partial charge >= 0.3 is 0 Å². The van der Waals surface area contributed by atoms with Crippen LogP contribution in [0.2, 0.25) is 0 Å². The van der Waals surface area contributed by atoms with Gasteiger partial charge in [0.1, 0.15) is 0 Å². The summed E-state index contributed by atoms with van der Waals surface area (Å²) in [5.74, 6) is 0.532. The van der Waals surface area contributed by atoms with E-state index in [1.54, 1.807) is 0 Å². The molecule has 1 aromatic carbocycles. The Hall–Kier alpha value is -0.870. The van der Waals surface area contributed by atoms with Crippen LogP contribution in [0.5, 0.6) is 0 Å². The summed E-state index contributed by atoms with van der Waals surface area (Å²) in [7, 11) is 0. The smallest absolute Gasteiger partial charge is 0.227 e. The van der Waals surface area contributed by atoms with Crippen molar-refractivity contribution in [1.82, 2.24) is 0 Å². The Balaban J connectivity index is 2.05. The van der Waals surface area contributed by atoms with Crippen LogP contribution in [-0.2, 0) is 4.79 Å². The summed E-state index contributed by atoms with van der Waals surface area (Å²) in [4.78, 5) is 12.4. The molecule has 1 aliphatic carbocycles. The Morgan fingerprint density at radius 3 is 2.84 bits per heavy atom. The zero-order chi connectivity index (χ0) is 13.8. The van der Waals surface area contributed by atoms with Gasteiger partial charge in [0.15, 0.2) is 0 Å². The lowest BCUT2D eigenvalue weighted by molar-refractivity contribution is -0.122. The first kappa shape index (κ1) is 14.5. The zero-order valence-electron chi connectivity index (χ0n) is 11.3. The van der Waals surface area contributed by atoms with Crippen LogP contribution in [-0.4, -0.2) is 12.5 Å². The van der Waals surface area contributed by atoms with Crippen LogP contribution in [0.25, 0.3) is 0 Å². The lowest BCUT2D eigenvalue weighted by Crippen LogP contribution is -2.35. The Labute approximate surface area is 123 Å². The summed E-state index contributed by atoms with van der Waals surface area (Å²) in [6, 6.07) is 5.88. The highest BCUT2D eigenvalue weighted by Crippen LogP contribution is 2.30. The topological polar surface area (TPSA) is 55.1 Å². The predicted octanol–water partition coefficient (Wildman–Crippen LogP) is 3.46. The van der Waals surface area contributed by atoms with Gasteiger partial charge in [-0.15, -0.1) is 0 Å². The average Bonchev–Trinajstić information content (AvgIpc) is 2.43. The minimum Gasteiger partial charge on any atom is -0.330 e. The average molecular weight is 325 g/mol. The number of halogens is 1. The monoisotopic (exact) mass is 324 g/mol. The van der Waals surface area contributed by atoms with E-state index in [2.05, 4.69) is 21.2 Å². The summed E-state index contributed by atoms with van der Waals surface area (Å²) in [5.41, 5.74) is 7.77. The number of amides is 1. The number of aryl methyl sites for hydroxylation is 1. The molecule has 3 nitrogen and oxygen atoms in total. The SMILES string of the molecule is Cc1cc(NC(=O)C2CCCCC2CN)ccc1Br. The van der Waals surface area contributed by atoms with E-state index >= 15 is 0 Å². The molecule has 2 atom stereocenters. The number of hydrogen-bond acceptors (Lipinski definition) is 2. The van der Waals surface area contributed by atoms with Crippen LogP contribution < -0.4 is 11.1 Å². The number of hydrogen-bond donors (Lipinski definition) is 2. The normalized spacial score (nSPS) is 23.1. The maximum Gasteiger partial charge on any atom is 0.227 e. The van der Waals surface area contributed by atoms with Crippen molar-refractivity contribution in [3.05, 3.63) is 28.2 Å². The molecule has 0 bridgehead atoms. The highest BCUT2D eigenvalue weighted by Gasteiger charge is 2.29. The van der Waals surface area contributed by atoms with Gasteiger partial charge in [-0.25, -0.2) is 0 Å². The first-order valence-electron chi connectivity index (χ1n) is 6.89. The lowest BCUT2D eigenvalue weighted by Gasteiger charge is -2.29. The minimum absolute atomic E-state index is 0.0719. The van der Waals surface area contributed by atoms with E-state index in [9.17, 15) is 4.79 Å².